The molecule has 0 saturated heterocycles. The lowest BCUT2D eigenvalue weighted by molar-refractivity contribution is 0.0697. The summed E-state index contributed by atoms with van der Waals surface area (Å²) in [6, 6.07) is 13.7. The second-order valence-corrected chi connectivity index (χ2v) is 6.37. The van der Waals surface area contributed by atoms with Crippen LogP contribution in [0.3, 0.4) is 0 Å². The van der Waals surface area contributed by atoms with E-state index in [2.05, 4.69) is 0 Å². The van der Waals surface area contributed by atoms with Crippen LogP contribution in [0.2, 0.25) is 0 Å². The lowest BCUT2D eigenvalue weighted by atomic mass is 10.2. The predicted octanol–water partition coefficient (Wildman–Crippen LogP) is 2.94. The molecule has 6 heteroatoms. The summed E-state index contributed by atoms with van der Waals surface area (Å²) in [5.74, 6) is -0.213. The lowest BCUT2D eigenvalue weighted by Crippen LogP contribution is -2.25. The maximum absolute atomic E-state index is 12.6. The first-order valence-corrected chi connectivity index (χ1v) is 8.29. The molecule has 122 valence electrons. The fraction of sp³-hybridized carbons (Fsp3) is 0.235. The van der Waals surface area contributed by atoms with Crippen LogP contribution in [0.4, 0.5) is 0 Å². The average molecular weight is 333 g/mol. The van der Waals surface area contributed by atoms with Gasteiger partial charge < -0.3 is 9.84 Å². The van der Waals surface area contributed by atoms with E-state index in [4.69, 9.17) is 9.84 Å². The number of benzene rings is 2. The van der Waals surface area contributed by atoms with E-state index in [0.717, 1.165) is 11.3 Å². The highest BCUT2D eigenvalue weighted by Gasteiger charge is 2.15. The minimum Gasteiger partial charge on any atom is -0.497 e. The van der Waals surface area contributed by atoms with Gasteiger partial charge in [-0.1, -0.05) is 19.1 Å². The van der Waals surface area contributed by atoms with E-state index in [0.29, 0.717) is 18.0 Å². The molecule has 23 heavy (non-hydrogen) atoms. The summed E-state index contributed by atoms with van der Waals surface area (Å²) in [4.78, 5) is 11.5. The molecule has 2 aromatic carbocycles. The van der Waals surface area contributed by atoms with Gasteiger partial charge in [-0.2, -0.15) is 0 Å². The number of carboxylic acids is 1. The number of hydrogen-bond donors (Lipinski definition) is 1. The summed E-state index contributed by atoms with van der Waals surface area (Å²) in [5, 5.41) is 8.91. The zero-order valence-corrected chi connectivity index (χ0v) is 13.9. The Hall–Kier alpha value is -2.18. The van der Waals surface area contributed by atoms with Crippen molar-refractivity contribution in [1.29, 1.82) is 0 Å². The Kier molecular flexibility index (Phi) is 5.90. The second kappa shape index (κ2) is 7.89. The first kappa shape index (κ1) is 17.2. The topological polar surface area (TPSA) is 66.8 Å². The summed E-state index contributed by atoms with van der Waals surface area (Å²) >= 11 is 0. The molecule has 2 aromatic rings. The van der Waals surface area contributed by atoms with Gasteiger partial charge in [0.05, 0.1) is 17.6 Å². The highest BCUT2D eigenvalue weighted by atomic mass is 32.2. The fourth-order valence-electron chi connectivity index (χ4n) is 2.09. The number of carboxylic acid groups (broad SMARTS) is 1. The molecule has 0 heterocycles. The number of methoxy groups -OCH3 is 1. The van der Waals surface area contributed by atoms with Gasteiger partial charge in [-0.3, -0.25) is 0 Å². The van der Waals surface area contributed by atoms with E-state index in [-0.39, 0.29) is 5.56 Å². The highest BCUT2D eigenvalue weighted by molar-refractivity contribution is 7.82. The van der Waals surface area contributed by atoms with E-state index in [1.807, 2.05) is 35.5 Å². The van der Waals surface area contributed by atoms with Gasteiger partial charge in [0.2, 0.25) is 0 Å². The number of aromatic carboxylic acids is 1. The number of carbonyl (C=O) groups is 1. The summed E-state index contributed by atoms with van der Waals surface area (Å²) < 4.78 is 19.6. The van der Waals surface area contributed by atoms with Crippen molar-refractivity contribution < 1.29 is 18.8 Å². The Morgan fingerprint density at radius 1 is 1.13 bits per heavy atom. The SMILES string of the molecule is CCN(Cc1ccc(OC)cc1)S(=O)c1ccc(C(=O)O)cc1. The smallest absolute Gasteiger partial charge is 0.335 e. The zero-order chi connectivity index (χ0) is 16.8. The van der Waals surface area contributed by atoms with Crippen LogP contribution in [0.1, 0.15) is 22.8 Å². The van der Waals surface area contributed by atoms with E-state index in [1.165, 1.54) is 12.1 Å². The van der Waals surface area contributed by atoms with Crippen molar-refractivity contribution in [2.45, 2.75) is 18.4 Å². The maximum Gasteiger partial charge on any atom is 0.335 e. The standard InChI is InChI=1S/C17H19NO4S/c1-3-18(12-13-4-8-15(22-2)9-5-13)23(21)16-10-6-14(7-11-16)17(19)20/h4-11H,3,12H2,1-2H3,(H,19,20). The number of ether oxygens (including phenoxy) is 1. The third-order valence-electron chi connectivity index (χ3n) is 3.41. The normalized spacial score (nSPS) is 12.1. The van der Waals surface area contributed by atoms with Crippen LogP contribution >= 0.6 is 0 Å². The van der Waals surface area contributed by atoms with E-state index in [9.17, 15) is 9.00 Å². The third-order valence-corrected chi connectivity index (χ3v) is 4.94. The number of rotatable bonds is 7. The Morgan fingerprint density at radius 2 is 1.74 bits per heavy atom. The van der Waals surface area contributed by atoms with Gasteiger partial charge in [0.15, 0.2) is 0 Å². The molecule has 0 aromatic heterocycles. The number of nitrogens with zero attached hydrogens (tertiary/aromatic N) is 1. The van der Waals surface area contributed by atoms with Crippen LogP contribution in [-0.4, -0.2) is 33.2 Å². The van der Waals surface area contributed by atoms with Crippen LogP contribution in [0.25, 0.3) is 0 Å². The largest absolute Gasteiger partial charge is 0.497 e. The second-order valence-electron chi connectivity index (χ2n) is 4.88. The summed E-state index contributed by atoms with van der Waals surface area (Å²) in [5.41, 5.74) is 1.21. The van der Waals surface area contributed by atoms with Crippen molar-refractivity contribution in [2.75, 3.05) is 13.7 Å². The molecule has 0 aliphatic heterocycles. The van der Waals surface area contributed by atoms with Gasteiger partial charge in [0.1, 0.15) is 16.7 Å². The highest BCUT2D eigenvalue weighted by Crippen LogP contribution is 2.17. The maximum atomic E-state index is 12.6. The molecule has 1 N–H and O–H groups in total. The van der Waals surface area contributed by atoms with Crippen molar-refractivity contribution in [3.63, 3.8) is 0 Å². The molecule has 0 spiro atoms. The van der Waals surface area contributed by atoms with Gasteiger partial charge >= 0.3 is 5.97 Å². The first-order chi connectivity index (χ1) is 11.0. The minimum atomic E-state index is -1.34. The molecule has 2 rings (SSSR count). The molecular formula is C17H19NO4S. The Morgan fingerprint density at radius 3 is 2.22 bits per heavy atom. The Bertz CT molecular complexity index is 683. The van der Waals surface area contributed by atoms with Gasteiger partial charge in [-0.15, -0.1) is 0 Å². The van der Waals surface area contributed by atoms with Crippen LogP contribution in [0.5, 0.6) is 5.75 Å². The fourth-order valence-corrected chi connectivity index (χ4v) is 3.25. The molecule has 1 unspecified atom stereocenters. The van der Waals surface area contributed by atoms with Crippen molar-refractivity contribution >= 4 is 17.0 Å². The first-order valence-electron chi connectivity index (χ1n) is 7.18. The van der Waals surface area contributed by atoms with E-state index in [1.54, 1.807) is 19.2 Å². The molecule has 0 aliphatic rings. The molecule has 0 fully saturated rings. The van der Waals surface area contributed by atoms with Crippen LogP contribution in [0.15, 0.2) is 53.4 Å². The third kappa shape index (κ3) is 4.40. The molecular weight excluding hydrogens is 314 g/mol. The van der Waals surface area contributed by atoms with Crippen molar-refractivity contribution in [3.8, 4) is 5.75 Å². The van der Waals surface area contributed by atoms with Gasteiger partial charge in [0.25, 0.3) is 0 Å². The lowest BCUT2D eigenvalue weighted by Gasteiger charge is -2.19. The van der Waals surface area contributed by atoms with Gasteiger partial charge in [-0.05, 0) is 42.0 Å². The predicted molar refractivity (Wildman–Crippen MR) is 88.9 cm³/mol. The van der Waals surface area contributed by atoms with E-state index >= 15 is 0 Å². The molecule has 0 amide bonds. The van der Waals surface area contributed by atoms with E-state index < -0.39 is 17.0 Å². The molecule has 0 aliphatic carbocycles. The molecule has 0 saturated carbocycles. The summed E-state index contributed by atoms with van der Waals surface area (Å²) in [6.07, 6.45) is 0. The zero-order valence-electron chi connectivity index (χ0n) is 13.1. The van der Waals surface area contributed by atoms with Crippen LogP contribution in [0, 0.1) is 0 Å². The molecule has 5 nitrogen and oxygen atoms in total. The monoisotopic (exact) mass is 333 g/mol. The van der Waals surface area contributed by atoms with Gasteiger partial charge in [0, 0.05) is 13.1 Å². The van der Waals surface area contributed by atoms with Crippen molar-refractivity contribution in [3.05, 3.63) is 59.7 Å². The van der Waals surface area contributed by atoms with Crippen molar-refractivity contribution in [2.24, 2.45) is 0 Å². The van der Waals surface area contributed by atoms with Crippen LogP contribution in [-0.2, 0) is 17.5 Å². The van der Waals surface area contributed by atoms with Crippen LogP contribution < -0.4 is 4.74 Å². The number of hydrogen-bond acceptors (Lipinski definition) is 3. The average Bonchev–Trinajstić information content (AvgIpc) is 2.59. The summed E-state index contributed by atoms with van der Waals surface area (Å²) in [7, 11) is 0.273. The molecule has 0 bridgehead atoms. The van der Waals surface area contributed by atoms with Crippen molar-refractivity contribution in [1.82, 2.24) is 4.31 Å². The Labute approximate surface area is 138 Å². The quantitative estimate of drug-likeness (QED) is 0.846. The minimum absolute atomic E-state index is 0.184. The van der Waals surface area contributed by atoms with Gasteiger partial charge in [-0.25, -0.2) is 13.3 Å². The molecule has 1 atom stereocenters. The molecule has 0 radical (unpaired) electrons. The Balaban J connectivity index is 2.12. The summed E-state index contributed by atoms with van der Waals surface area (Å²) in [6.45, 7) is 3.08.